The van der Waals surface area contributed by atoms with Gasteiger partial charge >= 0.3 is 0 Å². The van der Waals surface area contributed by atoms with Crippen LogP contribution in [-0.4, -0.2) is 0 Å². The van der Waals surface area contributed by atoms with Crippen molar-refractivity contribution in [1.29, 1.82) is 0 Å². The minimum atomic E-state index is 0.258. The Hall–Kier alpha value is -2.80. The number of hydrogen-bond donors (Lipinski definition) is 0. The van der Waals surface area contributed by atoms with Crippen molar-refractivity contribution in [3.8, 4) is 5.75 Å². The summed E-state index contributed by atoms with van der Waals surface area (Å²) in [6.45, 7) is 2.30. The van der Waals surface area contributed by atoms with Gasteiger partial charge in [-0.15, -0.1) is 0 Å². The number of allylic oxidation sites excluding steroid dienone is 1. The molecule has 2 atom stereocenters. The Bertz CT molecular complexity index is 953. The lowest BCUT2D eigenvalue weighted by Crippen LogP contribution is -2.15. The molecule has 1 aliphatic carbocycles. The average molecular weight is 310 g/mol. The number of hydrogen-bond acceptors (Lipinski definition) is 1. The first-order chi connectivity index (χ1) is 11.8. The van der Waals surface area contributed by atoms with E-state index in [1.165, 1.54) is 27.8 Å². The van der Waals surface area contributed by atoms with Crippen molar-refractivity contribution >= 4 is 5.76 Å². The second-order valence-corrected chi connectivity index (χ2v) is 6.58. The van der Waals surface area contributed by atoms with Crippen molar-refractivity contribution in [3.05, 3.63) is 107 Å². The van der Waals surface area contributed by atoms with E-state index in [0.29, 0.717) is 5.92 Å². The van der Waals surface area contributed by atoms with E-state index in [4.69, 9.17) is 4.74 Å². The van der Waals surface area contributed by atoms with Crippen LogP contribution in [0.5, 0.6) is 5.75 Å². The molecule has 0 aromatic heterocycles. The molecule has 0 saturated carbocycles. The number of benzene rings is 3. The predicted molar refractivity (Wildman–Crippen MR) is 97.1 cm³/mol. The van der Waals surface area contributed by atoms with Crippen LogP contribution in [0.1, 0.15) is 41.0 Å². The van der Waals surface area contributed by atoms with Gasteiger partial charge in [0.1, 0.15) is 11.5 Å². The van der Waals surface area contributed by atoms with Gasteiger partial charge in [0, 0.05) is 23.0 Å². The van der Waals surface area contributed by atoms with Crippen LogP contribution in [0.15, 0.2) is 84.4 Å². The third-order valence-corrected chi connectivity index (χ3v) is 5.29. The Balaban J connectivity index is 1.78. The maximum atomic E-state index is 6.38. The molecule has 0 radical (unpaired) electrons. The summed E-state index contributed by atoms with van der Waals surface area (Å²) in [5, 5.41) is 0. The summed E-state index contributed by atoms with van der Waals surface area (Å²) >= 11 is 0. The molecular weight excluding hydrogens is 292 g/mol. The fourth-order valence-corrected chi connectivity index (χ4v) is 4.19. The summed E-state index contributed by atoms with van der Waals surface area (Å²) in [7, 11) is 0. The highest BCUT2D eigenvalue weighted by molar-refractivity contribution is 5.80. The van der Waals surface area contributed by atoms with Crippen molar-refractivity contribution in [1.82, 2.24) is 0 Å². The Labute approximate surface area is 142 Å². The Morgan fingerprint density at radius 3 is 2.21 bits per heavy atom. The molecule has 0 N–H and O–H groups in total. The summed E-state index contributed by atoms with van der Waals surface area (Å²) in [6, 6.07) is 27.9. The lowest BCUT2D eigenvalue weighted by Gasteiger charge is -2.30. The van der Waals surface area contributed by atoms with Gasteiger partial charge < -0.3 is 4.74 Å². The molecule has 0 bridgehead atoms. The van der Waals surface area contributed by atoms with Crippen LogP contribution in [0, 0.1) is 0 Å². The molecule has 0 amide bonds. The normalized spacial score (nSPS) is 20.9. The summed E-state index contributed by atoms with van der Waals surface area (Å²) in [4.78, 5) is 0. The number of ether oxygens (including phenoxy) is 1. The standard InChI is InChI=1S/C23H18O/c1-15-17-11-5-6-12-18(17)23-21(15)22(16-9-3-2-4-10-16)19-13-7-8-14-20(19)24-23/h2-15,22H,1H3/t15-,22+/m1/s1. The Morgan fingerprint density at radius 1 is 0.708 bits per heavy atom. The third kappa shape index (κ3) is 1.81. The van der Waals surface area contributed by atoms with Crippen LogP contribution in [-0.2, 0) is 0 Å². The first-order valence-electron chi connectivity index (χ1n) is 8.49. The van der Waals surface area contributed by atoms with Gasteiger partial charge in [-0.1, -0.05) is 79.7 Å². The molecular formula is C23H18O. The van der Waals surface area contributed by atoms with Crippen LogP contribution in [0.2, 0.25) is 0 Å². The molecule has 1 nitrogen and oxygen atoms in total. The molecule has 1 heteroatoms. The largest absolute Gasteiger partial charge is 0.456 e. The van der Waals surface area contributed by atoms with Crippen LogP contribution >= 0.6 is 0 Å². The number of rotatable bonds is 1. The predicted octanol–water partition coefficient (Wildman–Crippen LogP) is 5.74. The zero-order valence-corrected chi connectivity index (χ0v) is 13.6. The van der Waals surface area contributed by atoms with Gasteiger partial charge in [-0.25, -0.2) is 0 Å². The average Bonchev–Trinajstić information content (AvgIpc) is 2.93. The lowest BCUT2D eigenvalue weighted by molar-refractivity contribution is 0.483. The highest BCUT2D eigenvalue weighted by Crippen LogP contribution is 2.54. The van der Waals surface area contributed by atoms with Crippen LogP contribution in [0.3, 0.4) is 0 Å². The number of para-hydroxylation sites is 1. The highest BCUT2D eigenvalue weighted by Gasteiger charge is 2.39. The van der Waals surface area contributed by atoms with E-state index in [2.05, 4.69) is 85.8 Å². The molecule has 1 aliphatic heterocycles. The van der Waals surface area contributed by atoms with Gasteiger partial charge in [0.2, 0.25) is 0 Å². The SMILES string of the molecule is C[C@H]1C2=C(Oc3ccccc3[C@@H]2c2ccccc2)c2ccccc21. The topological polar surface area (TPSA) is 9.23 Å². The van der Waals surface area contributed by atoms with E-state index in [0.717, 1.165) is 11.5 Å². The van der Waals surface area contributed by atoms with E-state index in [9.17, 15) is 0 Å². The van der Waals surface area contributed by atoms with Crippen molar-refractivity contribution in [3.63, 3.8) is 0 Å². The van der Waals surface area contributed by atoms with Gasteiger partial charge in [0.25, 0.3) is 0 Å². The summed E-state index contributed by atoms with van der Waals surface area (Å²) < 4.78 is 6.38. The van der Waals surface area contributed by atoms with Crippen LogP contribution < -0.4 is 4.74 Å². The zero-order valence-electron chi connectivity index (χ0n) is 13.6. The van der Waals surface area contributed by atoms with Crippen molar-refractivity contribution in [2.45, 2.75) is 18.8 Å². The van der Waals surface area contributed by atoms with Crippen LogP contribution in [0.4, 0.5) is 0 Å². The maximum absolute atomic E-state index is 6.38. The second-order valence-electron chi connectivity index (χ2n) is 6.58. The lowest BCUT2D eigenvalue weighted by atomic mass is 9.78. The first kappa shape index (κ1) is 13.6. The van der Waals surface area contributed by atoms with E-state index < -0.39 is 0 Å². The fraction of sp³-hybridized carbons (Fsp3) is 0.130. The van der Waals surface area contributed by atoms with E-state index in [1.54, 1.807) is 0 Å². The Morgan fingerprint density at radius 2 is 1.38 bits per heavy atom. The molecule has 0 spiro atoms. The smallest absolute Gasteiger partial charge is 0.135 e. The van der Waals surface area contributed by atoms with Crippen LogP contribution in [0.25, 0.3) is 5.76 Å². The van der Waals surface area contributed by atoms with E-state index in [1.807, 2.05) is 0 Å². The van der Waals surface area contributed by atoms with Gasteiger partial charge in [0.15, 0.2) is 0 Å². The first-order valence-corrected chi connectivity index (χ1v) is 8.49. The summed E-state index contributed by atoms with van der Waals surface area (Å²) in [5.41, 5.74) is 6.61. The van der Waals surface area contributed by atoms with Gasteiger partial charge in [-0.05, 0) is 22.8 Å². The van der Waals surface area contributed by atoms with E-state index >= 15 is 0 Å². The number of fused-ring (bicyclic) bond motifs is 3. The Kier molecular flexibility index (Phi) is 2.90. The van der Waals surface area contributed by atoms with Gasteiger partial charge in [-0.2, -0.15) is 0 Å². The maximum Gasteiger partial charge on any atom is 0.135 e. The zero-order chi connectivity index (χ0) is 16.1. The highest BCUT2D eigenvalue weighted by atomic mass is 16.5. The monoisotopic (exact) mass is 310 g/mol. The molecule has 2 aliphatic rings. The summed E-state index contributed by atoms with van der Waals surface area (Å²) in [5.74, 6) is 2.67. The second kappa shape index (κ2) is 5.10. The molecule has 0 fully saturated rings. The van der Waals surface area contributed by atoms with Gasteiger partial charge in [0.05, 0.1) is 0 Å². The van der Waals surface area contributed by atoms with Crippen molar-refractivity contribution in [2.75, 3.05) is 0 Å². The molecule has 24 heavy (non-hydrogen) atoms. The molecule has 116 valence electrons. The minimum absolute atomic E-state index is 0.258. The molecule has 0 saturated heterocycles. The van der Waals surface area contributed by atoms with Crippen molar-refractivity contribution in [2.24, 2.45) is 0 Å². The summed E-state index contributed by atoms with van der Waals surface area (Å²) in [6.07, 6.45) is 0. The molecule has 3 aromatic carbocycles. The molecule has 5 rings (SSSR count). The molecule has 3 aromatic rings. The van der Waals surface area contributed by atoms with E-state index in [-0.39, 0.29) is 5.92 Å². The quantitative estimate of drug-likeness (QED) is 0.557. The molecule has 1 heterocycles. The minimum Gasteiger partial charge on any atom is -0.456 e. The van der Waals surface area contributed by atoms with Crippen molar-refractivity contribution < 1.29 is 4.74 Å². The molecule has 0 unspecified atom stereocenters. The third-order valence-electron chi connectivity index (χ3n) is 5.29. The fourth-order valence-electron chi connectivity index (χ4n) is 4.19. The van der Waals surface area contributed by atoms with Gasteiger partial charge in [-0.3, -0.25) is 0 Å².